The van der Waals surface area contributed by atoms with Gasteiger partial charge in [-0.15, -0.1) is 0 Å². The molecular formula is C10H11N3O3. The van der Waals surface area contributed by atoms with E-state index in [1.54, 1.807) is 26.0 Å². The first-order valence-electron chi connectivity index (χ1n) is 4.89. The van der Waals surface area contributed by atoms with Crippen molar-refractivity contribution in [2.24, 2.45) is 0 Å². The number of H-pyrrole nitrogens is 1. The van der Waals surface area contributed by atoms with Crippen LogP contribution < -0.4 is 5.69 Å². The molecule has 0 atom stereocenters. The quantitative estimate of drug-likeness (QED) is 0.749. The van der Waals surface area contributed by atoms with Crippen LogP contribution in [0.5, 0.6) is 0 Å². The lowest BCUT2D eigenvalue weighted by molar-refractivity contribution is 0.0516. The minimum atomic E-state index is -0.519. The molecule has 2 aromatic rings. The summed E-state index contributed by atoms with van der Waals surface area (Å²) in [5.41, 5.74) is 0.855. The van der Waals surface area contributed by atoms with Crippen molar-refractivity contribution in [1.82, 2.24) is 14.6 Å². The number of nitrogens with zero attached hydrogens (tertiary/aromatic N) is 2. The van der Waals surface area contributed by atoms with Gasteiger partial charge in [0.1, 0.15) is 5.69 Å². The third kappa shape index (κ3) is 1.48. The zero-order valence-corrected chi connectivity index (χ0v) is 8.98. The number of rotatable bonds is 2. The maximum Gasteiger partial charge on any atom is 0.355 e. The van der Waals surface area contributed by atoms with Gasteiger partial charge in [-0.2, -0.15) is 5.10 Å². The number of pyridine rings is 1. The van der Waals surface area contributed by atoms with Crippen molar-refractivity contribution in [3.63, 3.8) is 0 Å². The lowest BCUT2D eigenvalue weighted by atomic mass is 10.2. The second kappa shape index (κ2) is 3.80. The molecule has 0 saturated heterocycles. The lowest BCUT2D eigenvalue weighted by Gasteiger charge is -2.06. The Morgan fingerprint density at radius 2 is 2.31 bits per heavy atom. The minimum Gasteiger partial charge on any atom is -0.461 e. The molecular weight excluding hydrogens is 210 g/mol. The summed E-state index contributed by atoms with van der Waals surface area (Å²) in [5.74, 6) is -0.519. The molecule has 0 unspecified atom stereocenters. The molecule has 2 heterocycles. The van der Waals surface area contributed by atoms with Crippen LogP contribution in [0.1, 0.15) is 23.0 Å². The number of hydrogen-bond donors (Lipinski definition) is 1. The first kappa shape index (κ1) is 10.4. The lowest BCUT2D eigenvalue weighted by Crippen LogP contribution is -2.20. The molecule has 0 radical (unpaired) electrons. The SMILES string of the molecule is CCOC(=O)c1c(C)ccc2n[nH]c(=O)n12. The highest BCUT2D eigenvalue weighted by Gasteiger charge is 2.16. The van der Waals surface area contributed by atoms with Crippen molar-refractivity contribution < 1.29 is 9.53 Å². The molecule has 2 rings (SSSR count). The summed E-state index contributed by atoms with van der Waals surface area (Å²) >= 11 is 0. The van der Waals surface area contributed by atoms with Crippen LogP contribution in [0.4, 0.5) is 0 Å². The van der Waals surface area contributed by atoms with E-state index in [0.29, 0.717) is 11.2 Å². The van der Waals surface area contributed by atoms with Crippen LogP contribution in [0, 0.1) is 6.92 Å². The predicted octanol–water partition coefficient (Wildman–Crippen LogP) is 0.508. The largest absolute Gasteiger partial charge is 0.461 e. The van der Waals surface area contributed by atoms with Gasteiger partial charge >= 0.3 is 11.7 Å². The number of carbonyl (C=O) groups is 1. The van der Waals surface area contributed by atoms with Gasteiger partial charge in [-0.25, -0.2) is 19.1 Å². The number of ether oxygens (including phenoxy) is 1. The molecule has 0 aliphatic heterocycles. The van der Waals surface area contributed by atoms with E-state index >= 15 is 0 Å². The molecule has 1 N–H and O–H groups in total. The Kier molecular flexibility index (Phi) is 2.47. The molecule has 6 heteroatoms. The number of aromatic amines is 1. The maximum absolute atomic E-state index is 11.7. The van der Waals surface area contributed by atoms with Crippen molar-refractivity contribution in [3.05, 3.63) is 33.9 Å². The molecule has 0 aliphatic carbocycles. The van der Waals surface area contributed by atoms with E-state index in [1.807, 2.05) is 0 Å². The first-order chi connectivity index (χ1) is 7.65. The predicted molar refractivity (Wildman–Crippen MR) is 56.5 cm³/mol. The monoisotopic (exact) mass is 221 g/mol. The fraction of sp³-hybridized carbons (Fsp3) is 0.300. The van der Waals surface area contributed by atoms with Gasteiger partial charge in [0.2, 0.25) is 0 Å². The number of carbonyl (C=O) groups excluding carboxylic acids is 1. The summed E-state index contributed by atoms with van der Waals surface area (Å²) in [6, 6.07) is 3.39. The summed E-state index contributed by atoms with van der Waals surface area (Å²) < 4.78 is 6.12. The van der Waals surface area contributed by atoms with Crippen LogP contribution in [0.25, 0.3) is 5.65 Å². The Morgan fingerprint density at radius 1 is 1.56 bits per heavy atom. The van der Waals surface area contributed by atoms with Gasteiger partial charge in [-0.05, 0) is 25.5 Å². The Balaban J connectivity index is 2.74. The third-order valence-corrected chi connectivity index (χ3v) is 2.25. The average Bonchev–Trinajstić information content (AvgIpc) is 2.61. The van der Waals surface area contributed by atoms with E-state index in [0.717, 1.165) is 0 Å². The molecule has 16 heavy (non-hydrogen) atoms. The highest BCUT2D eigenvalue weighted by molar-refractivity contribution is 5.89. The van der Waals surface area contributed by atoms with E-state index < -0.39 is 11.7 Å². The molecule has 0 fully saturated rings. The highest BCUT2D eigenvalue weighted by atomic mass is 16.5. The smallest absolute Gasteiger partial charge is 0.355 e. The highest BCUT2D eigenvalue weighted by Crippen LogP contribution is 2.10. The second-order valence-electron chi connectivity index (χ2n) is 3.31. The summed E-state index contributed by atoms with van der Waals surface area (Å²) in [5, 5.41) is 6.07. The number of fused-ring (bicyclic) bond motifs is 1. The molecule has 0 saturated carbocycles. The number of aromatic nitrogens is 3. The average molecular weight is 221 g/mol. The third-order valence-electron chi connectivity index (χ3n) is 2.25. The Bertz CT molecular complexity index is 597. The van der Waals surface area contributed by atoms with Crippen molar-refractivity contribution in [1.29, 1.82) is 0 Å². The Morgan fingerprint density at radius 3 is 3.00 bits per heavy atom. The van der Waals surface area contributed by atoms with Crippen LogP contribution in [0.2, 0.25) is 0 Å². The molecule has 0 amide bonds. The van der Waals surface area contributed by atoms with Crippen molar-refractivity contribution in [2.75, 3.05) is 6.61 Å². The normalized spacial score (nSPS) is 10.6. The van der Waals surface area contributed by atoms with Crippen molar-refractivity contribution in [2.45, 2.75) is 13.8 Å². The molecule has 0 spiro atoms. The van der Waals surface area contributed by atoms with Crippen LogP contribution >= 0.6 is 0 Å². The molecule has 0 bridgehead atoms. The van der Waals surface area contributed by atoms with Crippen molar-refractivity contribution in [3.8, 4) is 0 Å². The van der Waals surface area contributed by atoms with E-state index in [1.165, 1.54) is 4.40 Å². The summed E-state index contributed by atoms with van der Waals surface area (Å²) in [6.45, 7) is 3.72. The van der Waals surface area contributed by atoms with Crippen LogP contribution in [0.15, 0.2) is 16.9 Å². The van der Waals surface area contributed by atoms with E-state index in [2.05, 4.69) is 10.2 Å². The number of aryl methyl sites for hydroxylation is 1. The summed E-state index contributed by atoms with van der Waals surface area (Å²) in [6.07, 6.45) is 0. The van der Waals surface area contributed by atoms with E-state index in [4.69, 9.17) is 4.74 Å². The standard InChI is InChI=1S/C10H11N3O3/c1-3-16-9(14)8-6(2)4-5-7-11-12-10(15)13(7)8/h4-5H,3H2,1-2H3,(H,12,15). The topological polar surface area (TPSA) is 76.5 Å². The Hall–Kier alpha value is -2.11. The van der Waals surface area contributed by atoms with Gasteiger partial charge in [0.25, 0.3) is 0 Å². The van der Waals surface area contributed by atoms with E-state index in [-0.39, 0.29) is 12.3 Å². The van der Waals surface area contributed by atoms with Gasteiger partial charge in [0, 0.05) is 0 Å². The number of nitrogens with one attached hydrogen (secondary N) is 1. The summed E-state index contributed by atoms with van der Waals surface area (Å²) in [7, 11) is 0. The molecule has 84 valence electrons. The minimum absolute atomic E-state index is 0.220. The number of esters is 1. The first-order valence-corrected chi connectivity index (χ1v) is 4.89. The second-order valence-corrected chi connectivity index (χ2v) is 3.31. The van der Waals surface area contributed by atoms with Crippen molar-refractivity contribution >= 4 is 11.6 Å². The fourth-order valence-corrected chi connectivity index (χ4v) is 1.54. The molecule has 2 aromatic heterocycles. The van der Waals surface area contributed by atoms with E-state index in [9.17, 15) is 9.59 Å². The van der Waals surface area contributed by atoms with Gasteiger partial charge in [-0.1, -0.05) is 6.07 Å². The molecule has 0 aliphatic rings. The zero-order valence-electron chi connectivity index (χ0n) is 8.98. The molecule has 0 aromatic carbocycles. The van der Waals surface area contributed by atoms with Gasteiger partial charge in [0.05, 0.1) is 6.61 Å². The van der Waals surface area contributed by atoms with Crippen LogP contribution in [-0.2, 0) is 4.74 Å². The summed E-state index contributed by atoms with van der Waals surface area (Å²) in [4.78, 5) is 23.2. The van der Waals surface area contributed by atoms with Gasteiger partial charge in [0.15, 0.2) is 5.65 Å². The van der Waals surface area contributed by atoms with Gasteiger partial charge < -0.3 is 4.74 Å². The van der Waals surface area contributed by atoms with Gasteiger partial charge in [-0.3, -0.25) is 0 Å². The maximum atomic E-state index is 11.7. The fourth-order valence-electron chi connectivity index (χ4n) is 1.54. The number of hydrogen-bond acceptors (Lipinski definition) is 4. The molecule has 6 nitrogen and oxygen atoms in total. The van der Waals surface area contributed by atoms with Crippen LogP contribution in [-0.4, -0.2) is 27.2 Å². The zero-order chi connectivity index (χ0) is 11.7. The van der Waals surface area contributed by atoms with Crippen LogP contribution in [0.3, 0.4) is 0 Å². The Labute approximate surface area is 90.9 Å².